The molecule has 4 heteroatoms. The van der Waals surface area contributed by atoms with Gasteiger partial charge in [-0.2, -0.15) is 0 Å². The Morgan fingerprint density at radius 2 is 2.00 bits per heavy atom. The topological polar surface area (TPSA) is 42.7 Å². The molecule has 0 N–H and O–H groups in total. The van der Waals surface area contributed by atoms with Gasteiger partial charge in [0.2, 0.25) is 0 Å². The number of amides is 1. The molecule has 0 spiro atoms. The molecule has 0 bridgehead atoms. The molecule has 16 heavy (non-hydrogen) atoms. The summed E-state index contributed by atoms with van der Waals surface area (Å²) in [6.07, 6.45) is 1.75. The molecular weight excluding hydrogens is 206 g/mol. The van der Waals surface area contributed by atoms with E-state index in [0.29, 0.717) is 24.4 Å². The molecule has 1 aliphatic heterocycles. The van der Waals surface area contributed by atoms with Gasteiger partial charge in [0.15, 0.2) is 0 Å². The fourth-order valence-electron chi connectivity index (χ4n) is 2.12. The average Bonchev–Trinajstić information content (AvgIpc) is 2.62. The molecule has 0 radical (unpaired) electrons. The Hall–Kier alpha value is -1.29. The number of carbonyl (C=O) groups is 1. The van der Waals surface area contributed by atoms with Gasteiger partial charge in [0.05, 0.1) is 24.0 Å². The molecule has 1 aliphatic rings. The summed E-state index contributed by atoms with van der Waals surface area (Å²) < 4.78 is 10.7. The molecule has 0 saturated carbocycles. The molecule has 1 aromatic heterocycles. The molecule has 1 amide bonds. The van der Waals surface area contributed by atoms with E-state index in [2.05, 4.69) is 0 Å². The largest absolute Gasteiger partial charge is 0.469 e. The highest BCUT2D eigenvalue weighted by molar-refractivity contribution is 5.95. The van der Waals surface area contributed by atoms with Gasteiger partial charge in [-0.15, -0.1) is 0 Å². The van der Waals surface area contributed by atoms with Gasteiger partial charge in [-0.1, -0.05) is 0 Å². The van der Waals surface area contributed by atoms with E-state index >= 15 is 0 Å². The fourth-order valence-corrected chi connectivity index (χ4v) is 2.12. The molecular formula is C12H17NO3. The van der Waals surface area contributed by atoms with Crippen LogP contribution >= 0.6 is 0 Å². The number of furan rings is 1. The summed E-state index contributed by atoms with van der Waals surface area (Å²) in [6, 6.07) is 1.72. The molecule has 0 aromatic carbocycles. The van der Waals surface area contributed by atoms with Crippen LogP contribution in [0.1, 0.15) is 30.0 Å². The van der Waals surface area contributed by atoms with Crippen molar-refractivity contribution in [1.82, 2.24) is 4.90 Å². The Morgan fingerprint density at radius 3 is 2.50 bits per heavy atom. The predicted octanol–water partition coefficient (Wildman–Crippen LogP) is 1.84. The smallest absolute Gasteiger partial charge is 0.257 e. The highest BCUT2D eigenvalue weighted by atomic mass is 16.5. The third-order valence-corrected chi connectivity index (χ3v) is 2.80. The van der Waals surface area contributed by atoms with Crippen molar-refractivity contribution in [1.29, 1.82) is 0 Å². The van der Waals surface area contributed by atoms with Gasteiger partial charge >= 0.3 is 0 Å². The Bertz CT molecular complexity index is 375. The van der Waals surface area contributed by atoms with Gasteiger partial charge in [0.1, 0.15) is 5.76 Å². The molecule has 88 valence electrons. The molecule has 1 aromatic rings. The maximum absolute atomic E-state index is 12.2. The Labute approximate surface area is 95.2 Å². The monoisotopic (exact) mass is 223 g/mol. The van der Waals surface area contributed by atoms with Crippen LogP contribution in [0.4, 0.5) is 0 Å². The lowest BCUT2D eigenvalue weighted by Gasteiger charge is -2.35. The van der Waals surface area contributed by atoms with Crippen LogP contribution < -0.4 is 0 Å². The molecule has 2 rings (SSSR count). The SMILES string of the molecule is Cc1occc1C(=O)N1C[C@@H](C)O[C@@H](C)C1. The summed E-state index contributed by atoms with van der Waals surface area (Å²) >= 11 is 0. The van der Waals surface area contributed by atoms with E-state index in [4.69, 9.17) is 9.15 Å². The molecule has 0 unspecified atom stereocenters. The molecule has 2 atom stereocenters. The number of ether oxygens (including phenoxy) is 1. The fraction of sp³-hybridized carbons (Fsp3) is 0.583. The lowest BCUT2D eigenvalue weighted by atomic mass is 10.1. The van der Waals surface area contributed by atoms with Gasteiger partial charge in [-0.3, -0.25) is 4.79 Å². The van der Waals surface area contributed by atoms with Crippen molar-refractivity contribution in [2.75, 3.05) is 13.1 Å². The Balaban J connectivity index is 2.13. The van der Waals surface area contributed by atoms with Crippen molar-refractivity contribution in [3.63, 3.8) is 0 Å². The minimum Gasteiger partial charge on any atom is -0.469 e. The number of hydrogen-bond donors (Lipinski definition) is 0. The number of morpholine rings is 1. The van der Waals surface area contributed by atoms with Gasteiger partial charge in [-0.25, -0.2) is 0 Å². The van der Waals surface area contributed by atoms with E-state index in [0.717, 1.165) is 0 Å². The van der Waals surface area contributed by atoms with Gasteiger partial charge in [0, 0.05) is 13.1 Å². The zero-order valence-corrected chi connectivity index (χ0v) is 9.90. The first-order valence-corrected chi connectivity index (χ1v) is 5.56. The summed E-state index contributed by atoms with van der Waals surface area (Å²) in [7, 11) is 0. The van der Waals surface area contributed by atoms with E-state index in [1.807, 2.05) is 18.7 Å². The van der Waals surface area contributed by atoms with Crippen molar-refractivity contribution in [2.45, 2.75) is 33.0 Å². The van der Waals surface area contributed by atoms with Gasteiger partial charge in [0.25, 0.3) is 5.91 Å². The van der Waals surface area contributed by atoms with Gasteiger partial charge in [-0.05, 0) is 26.8 Å². The number of aryl methyl sites for hydroxylation is 1. The van der Waals surface area contributed by atoms with Crippen molar-refractivity contribution in [2.24, 2.45) is 0 Å². The van der Waals surface area contributed by atoms with Gasteiger partial charge < -0.3 is 14.1 Å². The lowest BCUT2D eigenvalue weighted by Crippen LogP contribution is -2.48. The van der Waals surface area contributed by atoms with E-state index in [-0.39, 0.29) is 18.1 Å². The quantitative estimate of drug-likeness (QED) is 0.729. The minimum atomic E-state index is 0.0354. The van der Waals surface area contributed by atoms with Crippen LogP contribution in [0.2, 0.25) is 0 Å². The highest BCUT2D eigenvalue weighted by Gasteiger charge is 2.27. The molecule has 1 fully saturated rings. The summed E-state index contributed by atoms with van der Waals surface area (Å²) in [5.41, 5.74) is 0.654. The van der Waals surface area contributed by atoms with Crippen LogP contribution in [0.3, 0.4) is 0 Å². The Morgan fingerprint density at radius 1 is 1.38 bits per heavy atom. The molecule has 2 heterocycles. The predicted molar refractivity (Wildman–Crippen MR) is 59.4 cm³/mol. The second-order valence-corrected chi connectivity index (χ2v) is 4.36. The minimum absolute atomic E-state index is 0.0354. The third-order valence-electron chi connectivity index (χ3n) is 2.80. The number of rotatable bonds is 1. The first kappa shape index (κ1) is 11.2. The third kappa shape index (κ3) is 2.11. The second-order valence-electron chi connectivity index (χ2n) is 4.36. The first-order chi connectivity index (χ1) is 7.58. The molecule has 4 nitrogen and oxygen atoms in total. The van der Waals surface area contributed by atoms with E-state index in [1.54, 1.807) is 19.3 Å². The Kier molecular flexibility index (Phi) is 3.01. The first-order valence-electron chi connectivity index (χ1n) is 5.56. The summed E-state index contributed by atoms with van der Waals surface area (Å²) in [5.74, 6) is 0.713. The van der Waals surface area contributed by atoms with Crippen LogP contribution in [-0.2, 0) is 4.74 Å². The maximum atomic E-state index is 12.2. The summed E-state index contributed by atoms with van der Waals surface area (Å²) in [4.78, 5) is 14.0. The van der Waals surface area contributed by atoms with Crippen molar-refractivity contribution < 1.29 is 13.9 Å². The lowest BCUT2D eigenvalue weighted by molar-refractivity contribution is -0.0586. The summed E-state index contributed by atoms with van der Waals surface area (Å²) in [5, 5.41) is 0. The second kappa shape index (κ2) is 4.29. The van der Waals surface area contributed by atoms with Crippen LogP contribution in [-0.4, -0.2) is 36.1 Å². The standard InChI is InChI=1S/C12H17NO3/c1-8-6-13(7-9(2)16-8)12(14)11-4-5-15-10(11)3/h4-5,8-9H,6-7H2,1-3H3/t8-,9+. The van der Waals surface area contributed by atoms with Crippen LogP contribution in [0.15, 0.2) is 16.7 Å². The molecule has 1 saturated heterocycles. The average molecular weight is 223 g/mol. The van der Waals surface area contributed by atoms with E-state index in [9.17, 15) is 4.79 Å². The molecule has 0 aliphatic carbocycles. The van der Waals surface area contributed by atoms with Crippen molar-refractivity contribution in [3.05, 3.63) is 23.7 Å². The normalized spacial score (nSPS) is 25.8. The summed E-state index contributed by atoms with van der Waals surface area (Å²) in [6.45, 7) is 7.07. The highest BCUT2D eigenvalue weighted by Crippen LogP contribution is 2.17. The van der Waals surface area contributed by atoms with Crippen molar-refractivity contribution >= 4 is 5.91 Å². The van der Waals surface area contributed by atoms with Crippen LogP contribution in [0.25, 0.3) is 0 Å². The number of nitrogens with zero attached hydrogens (tertiary/aromatic N) is 1. The number of hydrogen-bond acceptors (Lipinski definition) is 3. The van der Waals surface area contributed by atoms with E-state index < -0.39 is 0 Å². The zero-order valence-electron chi connectivity index (χ0n) is 9.90. The van der Waals surface area contributed by atoms with E-state index in [1.165, 1.54) is 0 Å². The maximum Gasteiger partial charge on any atom is 0.257 e. The van der Waals surface area contributed by atoms with Crippen molar-refractivity contribution in [3.8, 4) is 0 Å². The van der Waals surface area contributed by atoms with Crippen LogP contribution in [0.5, 0.6) is 0 Å². The zero-order chi connectivity index (χ0) is 11.7. The number of carbonyl (C=O) groups excluding carboxylic acids is 1. The van der Waals surface area contributed by atoms with Crippen LogP contribution in [0, 0.1) is 6.92 Å².